The molecule has 7 amide bonds. The molecule has 18 atom stereocenters. The van der Waals surface area contributed by atoms with Gasteiger partial charge in [-0.3, -0.25) is 33.6 Å². The number of likely N-dealkylation sites (N-methyl/N-ethyl adjacent to an activating group) is 1. The highest BCUT2D eigenvalue weighted by atomic mass is 35.5. The maximum Gasteiger partial charge on any atom is 0.335 e. The number of phenolic OH excluding ortho intramolecular Hbond substituents is 4. The Bertz CT molecular complexity index is 5200. The number of hydrogen-bond donors (Lipinski definition) is 21. The van der Waals surface area contributed by atoms with E-state index in [1.165, 1.54) is 49.5 Å². The van der Waals surface area contributed by atoms with Crippen LogP contribution in [-0.2, 0) is 59.0 Å². The number of fused-ring (bicyclic) bond motifs is 14. The van der Waals surface area contributed by atoms with Crippen LogP contribution in [0.25, 0.3) is 11.1 Å². The summed E-state index contributed by atoms with van der Waals surface area (Å²) >= 11 is 14.2. The molecule has 0 aromatic heterocycles. The van der Waals surface area contributed by atoms with Crippen molar-refractivity contribution in [3.8, 4) is 80.1 Å². The Labute approximate surface area is 703 Å². The number of halogens is 2. The standard InChI is InChI=1S/C83H88Cl2N8O29/c1-33(2)10-8-6-4-5-7-9-11-56(99)88-65-68(102)70(104)73(81(114)115)122-82(65)121-72-53-26-38-27-54(72)118-50-21-16-37(24-45(50)84)66(100)64-79(111)92-63(80(112)113)43-28-39(95)29-52(119-83-71(105)69(103)67(101)55(32-94)120-83)57(43)42-23-35(14-19-47(42)96)60(76(108)93-64)89-77(109)61(38)90-78(110)62-44-30-41(31-49(98)58(44)85)117-51-25-36(15-20-48(51)97)59(86-3)75(107)87-46(74(106)91-62)22-34-12-17-40(116-53)18-13-34/h12-21,23-31,33,46,55,59-71,73,82-83,86,94-98,100-105H,4-11,22,32H2,1-3H3,(H,87,107)(H,88,99)(H,89,109)(H,90,110)(H,91,106)(H,92,111)(H,93,108)(H,112,113)(H,114,115)/t46-,55-,59-,60-,61-,62+,63-,64+,65-,66-,67-,68-,69+,70+,71+,73+,82-,83+/m1/s1. The molecule has 0 unspecified atom stereocenters. The number of aliphatic carboxylic acids is 2. The van der Waals surface area contributed by atoms with Crippen molar-refractivity contribution in [3.63, 3.8) is 0 Å². The van der Waals surface area contributed by atoms with Gasteiger partial charge in [-0.05, 0) is 120 Å². The van der Waals surface area contributed by atoms with Gasteiger partial charge in [0.15, 0.2) is 35.1 Å². The largest absolute Gasteiger partial charge is 0.508 e. The van der Waals surface area contributed by atoms with Gasteiger partial charge in [0.05, 0.1) is 16.7 Å². The van der Waals surface area contributed by atoms with E-state index >= 15 is 24.0 Å². The highest BCUT2D eigenvalue weighted by molar-refractivity contribution is 6.33. The number of rotatable bonds is 18. The van der Waals surface area contributed by atoms with Crippen LogP contribution in [-0.4, -0.2) is 207 Å². The predicted molar refractivity (Wildman–Crippen MR) is 424 cm³/mol. The number of unbranched alkanes of at least 4 members (excludes halogenated alkanes) is 5. The number of hydrogen-bond acceptors (Lipinski definition) is 28. The second-order valence-corrected chi connectivity index (χ2v) is 31.4. The van der Waals surface area contributed by atoms with Gasteiger partial charge in [-0.2, -0.15) is 0 Å². The summed E-state index contributed by atoms with van der Waals surface area (Å²) in [6.45, 7) is 3.26. The summed E-state index contributed by atoms with van der Waals surface area (Å²) in [5, 5.41) is 167. The van der Waals surface area contributed by atoms with Crippen molar-refractivity contribution >= 4 is 76.5 Å². The molecule has 7 aromatic rings. The monoisotopic (exact) mass is 1730 g/mol. The van der Waals surface area contributed by atoms with Crippen molar-refractivity contribution in [2.24, 2.45) is 5.92 Å². The van der Waals surface area contributed by atoms with Gasteiger partial charge < -0.3 is 142 Å². The number of benzene rings is 7. The molecule has 17 bridgehead atoms. The average Bonchev–Trinajstić information content (AvgIpc) is 0.760. The summed E-state index contributed by atoms with van der Waals surface area (Å²) in [7, 11) is 1.42. The number of nitrogens with one attached hydrogen (secondary N) is 8. The maximum atomic E-state index is 16.7. The molecular formula is C83H88Cl2N8O29. The summed E-state index contributed by atoms with van der Waals surface area (Å²) in [5.74, 6) is -19.0. The van der Waals surface area contributed by atoms with Crippen molar-refractivity contribution in [1.82, 2.24) is 42.5 Å². The molecule has 8 aliphatic rings. The van der Waals surface area contributed by atoms with Crippen LogP contribution in [0.1, 0.15) is 140 Å². The molecular weight excluding hydrogens is 1640 g/mol. The Hall–Kier alpha value is -11.9. The molecule has 15 rings (SSSR count). The van der Waals surface area contributed by atoms with Gasteiger partial charge in [0.1, 0.15) is 125 Å². The predicted octanol–water partition coefficient (Wildman–Crippen LogP) is 4.18. The van der Waals surface area contributed by atoms with Gasteiger partial charge >= 0.3 is 11.9 Å². The van der Waals surface area contributed by atoms with Crippen LogP contribution in [0.2, 0.25) is 10.0 Å². The molecule has 648 valence electrons. The fourth-order valence-electron chi connectivity index (χ4n) is 15.2. The summed E-state index contributed by atoms with van der Waals surface area (Å²) in [4.78, 5) is 136. The Morgan fingerprint density at radius 1 is 0.533 bits per heavy atom. The fourth-order valence-corrected chi connectivity index (χ4v) is 15.6. The number of carboxylic acid groups (broad SMARTS) is 2. The Morgan fingerprint density at radius 2 is 1.17 bits per heavy atom. The second-order valence-electron chi connectivity index (χ2n) is 30.6. The lowest BCUT2D eigenvalue weighted by atomic mass is 9.89. The minimum absolute atomic E-state index is 0.153. The number of amides is 7. The zero-order valence-corrected chi connectivity index (χ0v) is 66.6. The third kappa shape index (κ3) is 18.9. The van der Waals surface area contributed by atoms with Crippen molar-refractivity contribution in [2.45, 2.75) is 181 Å². The molecule has 21 N–H and O–H groups in total. The molecule has 0 spiro atoms. The van der Waals surface area contributed by atoms with Crippen LogP contribution >= 0.6 is 23.2 Å². The molecule has 2 fully saturated rings. The first-order valence-corrected chi connectivity index (χ1v) is 39.7. The number of ether oxygens (including phenoxy) is 7. The number of phenols is 4. The van der Waals surface area contributed by atoms with Gasteiger partial charge in [0.2, 0.25) is 59.7 Å². The Balaban J connectivity index is 1.04. The topological polar surface area (TPSA) is 577 Å². The number of aliphatic hydroxyl groups excluding tert-OH is 7. The van der Waals surface area contributed by atoms with Crippen molar-refractivity contribution in [1.29, 1.82) is 0 Å². The molecule has 39 heteroatoms. The number of aromatic hydroxyl groups is 4. The number of carbonyl (C=O) groups excluding carboxylic acids is 7. The van der Waals surface area contributed by atoms with Crippen LogP contribution < -0.4 is 66.2 Å². The quantitative estimate of drug-likeness (QED) is 0.0536. The normalized spacial score (nSPS) is 26.5. The number of carbonyl (C=O) groups is 9. The van der Waals surface area contributed by atoms with E-state index in [2.05, 4.69) is 56.4 Å². The molecule has 122 heavy (non-hydrogen) atoms. The lowest BCUT2D eigenvalue weighted by Gasteiger charge is -2.41. The molecule has 8 aliphatic heterocycles. The van der Waals surface area contributed by atoms with E-state index in [4.69, 9.17) is 56.4 Å². The van der Waals surface area contributed by atoms with Gasteiger partial charge in [0, 0.05) is 47.2 Å². The van der Waals surface area contributed by atoms with Crippen LogP contribution in [0.3, 0.4) is 0 Å². The zero-order valence-electron chi connectivity index (χ0n) is 65.1. The summed E-state index contributed by atoms with van der Waals surface area (Å²) in [6.07, 6.45) is -16.3. The third-order valence-electron chi connectivity index (χ3n) is 21.6. The zero-order chi connectivity index (χ0) is 87.6. The minimum Gasteiger partial charge on any atom is -0.508 e. The molecule has 0 aliphatic carbocycles. The lowest BCUT2D eigenvalue weighted by Crippen LogP contribution is -2.66. The summed E-state index contributed by atoms with van der Waals surface area (Å²) < 4.78 is 44.0. The van der Waals surface area contributed by atoms with Crippen molar-refractivity contribution < 1.29 is 143 Å². The van der Waals surface area contributed by atoms with E-state index in [0.717, 1.165) is 105 Å². The lowest BCUT2D eigenvalue weighted by molar-refractivity contribution is -0.277. The highest BCUT2D eigenvalue weighted by Gasteiger charge is 2.52. The fraction of sp³-hybridized carbons (Fsp3) is 0.386. The molecule has 37 nitrogen and oxygen atoms in total. The SMILES string of the molecule is CN[C@H]1C(=O)N[C@@H]2Cc3ccc(cc3)Oc3cc4cc(c3O[C@@H]3O[C@H](C(=O)O)[C@@H](O)[C@H](O)[C@H]3NC(=O)CCCCCCCCC(C)C)Oc3ccc(cc3Cl)[C@@H](O)[C@@H]3NC(=O)[C@H](NC(=O)[C@@H]4NC(=O)[C@@H](NC2=O)c2cc(cc(O)c2Cl)Oc2cc1ccc2O)c1ccc(O)c(c1)-c1c(O[C@H]2O[C@H](CO)[C@@H](O)[C@H](O)[C@@H]2O)cc(O)cc1[C@H](C(=O)O)NC3=O. The average molecular weight is 1730 g/mol. The summed E-state index contributed by atoms with van der Waals surface area (Å²) in [5.41, 5.74) is -3.29. The number of aliphatic hydroxyl groups is 7. The van der Waals surface area contributed by atoms with Gasteiger partial charge in [-0.1, -0.05) is 106 Å². The molecule has 0 radical (unpaired) electrons. The van der Waals surface area contributed by atoms with Crippen LogP contribution in [0, 0.1) is 5.92 Å². The van der Waals surface area contributed by atoms with E-state index in [9.17, 15) is 85.6 Å². The van der Waals surface area contributed by atoms with Crippen molar-refractivity contribution in [3.05, 3.63) is 164 Å². The van der Waals surface area contributed by atoms with Gasteiger partial charge in [-0.15, -0.1) is 0 Å². The Morgan fingerprint density at radius 3 is 1.86 bits per heavy atom. The maximum absolute atomic E-state index is 16.7. The van der Waals surface area contributed by atoms with Crippen molar-refractivity contribution in [2.75, 3.05) is 13.7 Å². The van der Waals surface area contributed by atoms with E-state index in [0.29, 0.717) is 18.8 Å². The number of carboxylic acids is 2. The molecule has 0 saturated carbocycles. The first-order chi connectivity index (χ1) is 58.2. The summed E-state index contributed by atoms with van der Waals surface area (Å²) in [6, 6.07) is 4.41. The first-order valence-electron chi connectivity index (χ1n) is 38.9. The van der Waals surface area contributed by atoms with Crippen LogP contribution in [0.4, 0.5) is 0 Å². The molecule has 7 aromatic carbocycles. The highest BCUT2D eigenvalue weighted by Crippen LogP contribution is 2.50. The Kier molecular flexibility index (Phi) is 26.8. The van der Waals surface area contributed by atoms with Gasteiger partial charge in [0.25, 0.3) is 0 Å². The van der Waals surface area contributed by atoms with E-state index < -0.39 is 271 Å². The van der Waals surface area contributed by atoms with Gasteiger partial charge in [-0.25, -0.2) is 9.59 Å². The smallest absolute Gasteiger partial charge is 0.335 e. The van der Waals surface area contributed by atoms with E-state index in [1.54, 1.807) is 0 Å². The first kappa shape index (κ1) is 88.0. The van der Waals surface area contributed by atoms with Crippen LogP contribution in [0.5, 0.6) is 69.0 Å². The molecule has 8 heterocycles. The van der Waals surface area contributed by atoms with E-state index in [1.807, 2.05) is 0 Å². The second kappa shape index (κ2) is 37.2. The minimum atomic E-state index is -2.47. The van der Waals surface area contributed by atoms with E-state index in [-0.39, 0.29) is 40.4 Å². The van der Waals surface area contributed by atoms with Crippen LogP contribution in [0.15, 0.2) is 115 Å². The molecule has 2 saturated heterocycles. The third-order valence-corrected chi connectivity index (χ3v) is 22.3.